The molecule has 124 valence electrons. The smallest absolute Gasteiger partial charge is 0.195 e. The quantitative estimate of drug-likeness (QED) is 0.576. The number of rotatable bonds is 2. The van der Waals surface area contributed by atoms with Gasteiger partial charge in [-0.05, 0) is 29.3 Å². The van der Waals surface area contributed by atoms with Crippen LogP contribution in [-0.4, -0.2) is 40.2 Å². The molecule has 0 aliphatic carbocycles. The molecule has 5 heteroatoms. The number of ether oxygens (including phenoxy) is 3. The minimum atomic E-state index is -1.95. The highest BCUT2D eigenvalue weighted by atomic mass is 28.4. The van der Waals surface area contributed by atoms with E-state index in [4.69, 9.17) is 18.6 Å². The lowest BCUT2D eigenvalue weighted by atomic mass is 9.79. The maximum Gasteiger partial charge on any atom is 0.195 e. The van der Waals surface area contributed by atoms with E-state index in [0.717, 1.165) is 11.1 Å². The Morgan fingerprint density at radius 1 is 1.05 bits per heavy atom. The van der Waals surface area contributed by atoms with Crippen molar-refractivity contribution in [1.29, 1.82) is 0 Å². The molecule has 3 rings (SSSR count). The van der Waals surface area contributed by atoms with Crippen LogP contribution >= 0.6 is 0 Å². The van der Waals surface area contributed by atoms with Crippen LogP contribution in [0.15, 0.2) is 24.3 Å². The molecule has 3 aliphatic heterocycles. The van der Waals surface area contributed by atoms with E-state index >= 15 is 0 Å². The largest absolute Gasteiger partial charge is 0.390 e. The molecule has 0 unspecified atom stereocenters. The lowest BCUT2D eigenvalue weighted by Gasteiger charge is -2.45. The second-order valence-electron chi connectivity index (χ2n) is 8.21. The van der Waals surface area contributed by atoms with Crippen molar-refractivity contribution >= 4 is 8.32 Å². The van der Waals surface area contributed by atoms with Crippen LogP contribution in [0.2, 0.25) is 18.1 Å². The first-order valence-corrected chi connectivity index (χ1v) is 10.9. The Bertz CT molecular complexity index is 493. The van der Waals surface area contributed by atoms with Crippen molar-refractivity contribution in [2.24, 2.45) is 11.8 Å². The second-order valence-corrected chi connectivity index (χ2v) is 13.0. The molecular formula is C17H28O4Si. The van der Waals surface area contributed by atoms with Gasteiger partial charge in [0, 0.05) is 11.8 Å². The van der Waals surface area contributed by atoms with E-state index in [1.54, 1.807) is 0 Å². The average molecular weight is 324 g/mol. The van der Waals surface area contributed by atoms with E-state index in [1.165, 1.54) is 0 Å². The molecule has 0 aromatic heterocycles. The van der Waals surface area contributed by atoms with Crippen molar-refractivity contribution in [3.63, 3.8) is 0 Å². The predicted molar refractivity (Wildman–Crippen MR) is 87.9 cm³/mol. The van der Waals surface area contributed by atoms with Gasteiger partial charge < -0.3 is 18.6 Å². The first kappa shape index (κ1) is 16.4. The van der Waals surface area contributed by atoms with Gasteiger partial charge in [0.25, 0.3) is 0 Å². The fourth-order valence-corrected chi connectivity index (χ4v) is 4.37. The molecule has 0 aromatic rings. The fourth-order valence-electron chi connectivity index (χ4n) is 3.24. The molecule has 22 heavy (non-hydrogen) atoms. The highest BCUT2D eigenvalue weighted by molar-refractivity contribution is 6.74. The van der Waals surface area contributed by atoms with Crippen LogP contribution in [-0.2, 0) is 18.6 Å². The minimum absolute atomic E-state index is 0.0960. The zero-order valence-electron chi connectivity index (χ0n) is 14.3. The highest BCUT2D eigenvalue weighted by Gasteiger charge is 2.56. The Hall–Kier alpha value is -0.463. The van der Waals surface area contributed by atoms with Gasteiger partial charge in [-0.2, -0.15) is 0 Å². The van der Waals surface area contributed by atoms with Gasteiger partial charge in [0.2, 0.25) is 0 Å². The first-order chi connectivity index (χ1) is 10.1. The van der Waals surface area contributed by atoms with Gasteiger partial charge in [0.05, 0.1) is 13.2 Å². The summed E-state index contributed by atoms with van der Waals surface area (Å²) in [6, 6.07) is 0. The monoisotopic (exact) mass is 324 g/mol. The third-order valence-electron chi connectivity index (χ3n) is 5.62. The number of fused-ring (bicyclic) bond motifs is 3. The van der Waals surface area contributed by atoms with Crippen molar-refractivity contribution in [2.75, 3.05) is 13.2 Å². The van der Waals surface area contributed by atoms with Gasteiger partial charge >= 0.3 is 0 Å². The summed E-state index contributed by atoms with van der Waals surface area (Å²) in [5.74, 6) is 0.350. The number of hydrogen-bond acceptors (Lipinski definition) is 4. The average Bonchev–Trinajstić information content (AvgIpc) is 2.92. The molecule has 0 amide bonds. The Kier molecular flexibility index (Phi) is 3.93. The second kappa shape index (κ2) is 5.28. The molecular weight excluding hydrogens is 296 g/mol. The topological polar surface area (TPSA) is 36.9 Å². The van der Waals surface area contributed by atoms with Crippen molar-refractivity contribution < 1.29 is 18.6 Å². The Labute approximate surface area is 134 Å². The molecule has 0 bridgehead atoms. The zero-order valence-corrected chi connectivity index (χ0v) is 15.3. The van der Waals surface area contributed by atoms with E-state index < -0.39 is 8.32 Å². The van der Waals surface area contributed by atoms with Crippen LogP contribution in [0.3, 0.4) is 0 Å². The van der Waals surface area contributed by atoms with Gasteiger partial charge in [0.15, 0.2) is 20.9 Å². The minimum Gasteiger partial charge on any atom is -0.390 e. The molecule has 0 aromatic carbocycles. The normalized spacial score (nSPS) is 39.0. The van der Waals surface area contributed by atoms with Crippen LogP contribution in [0, 0.1) is 11.8 Å². The Morgan fingerprint density at radius 2 is 1.64 bits per heavy atom. The van der Waals surface area contributed by atoms with E-state index in [0.29, 0.717) is 13.2 Å². The Morgan fingerprint density at radius 3 is 2.27 bits per heavy atom. The predicted octanol–water partition coefficient (Wildman–Crippen LogP) is 3.46. The zero-order chi connectivity index (χ0) is 16.3. The summed E-state index contributed by atoms with van der Waals surface area (Å²) in [6.07, 6.45) is -0.749. The van der Waals surface area contributed by atoms with E-state index in [9.17, 15) is 0 Å². The maximum absolute atomic E-state index is 6.49. The van der Waals surface area contributed by atoms with E-state index in [2.05, 4.69) is 47.0 Å². The summed E-state index contributed by atoms with van der Waals surface area (Å²) in [5.41, 5.74) is 2.19. The van der Waals surface area contributed by atoms with Gasteiger partial charge in [0.1, 0.15) is 6.10 Å². The third-order valence-corrected chi connectivity index (χ3v) is 10.1. The molecule has 4 nitrogen and oxygen atoms in total. The molecule has 0 spiro atoms. The van der Waals surface area contributed by atoms with Gasteiger partial charge in [-0.25, -0.2) is 0 Å². The molecule has 3 aliphatic rings. The SMILES string of the molecule is C=C1CO[C@@H]2[C@@H](O[Si](C)(C)C(C)(C)C)O[C@@H]3OCC(=C)[C@@H]3[C@H]12. The van der Waals surface area contributed by atoms with Gasteiger partial charge in [-0.15, -0.1) is 0 Å². The summed E-state index contributed by atoms with van der Waals surface area (Å²) in [6.45, 7) is 20.6. The molecule has 0 saturated carbocycles. The first-order valence-electron chi connectivity index (χ1n) is 8.03. The Balaban J connectivity index is 1.85. The molecule has 3 fully saturated rings. The highest BCUT2D eigenvalue weighted by Crippen LogP contribution is 2.49. The van der Waals surface area contributed by atoms with Crippen molar-refractivity contribution in [3.05, 3.63) is 24.3 Å². The molecule has 0 radical (unpaired) electrons. The van der Waals surface area contributed by atoms with Crippen LogP contribution in [0.1, 0.15) is 20.8 Å². The lowest BCUT2D eigenvalue weighted by Crippen LogP contribution is -2.55. The van der Waals surface area contributed by atoms with Gasteiger partial charge in [-0.3, -0.25) is 0 Å². The molecule has 0 N–H and O–H groups in total. The van der Waals surface area contributed by atoms with Gasteiger partial charge in [-0.1, -0.05) is 33.9 Å². The summed E-state index contributed by atoms with van der Waals surface area (Å²) >= 11 is 0. The standard InChI is InChI=1S/C17H28O4Si/c1-10-8-18-14-12(10)13-11(2)9-19-15(13)20-16(14)21-22(6,7)17(3,4)5/h12-16H,1-2,8-9H2,3-7H3/t12-,13+,14-,15-,16+/m0/s1. The van der Waals surface area contributed by atoms with Crippen molar-refractivity contribution in [1.82, 2.24) is 0 Å². The summed E-state index contributed by atoms with van der Waals surface area (Å²) in [7, 11) is -1.95. The maximum atomic E-state index is 6.49. The molecule has 3 heterocycles. The van der Waals surface area contributed by atoms with E-state index in [-0.39, 0.29) is 35.6 Å². The third kappa shape index (κ3) is 2.53. The number of hydrogen-bond donors (Lipinski definition) is 0. The van der Waals surface area contributed by atoms with Crippen molar-refractivity contribution in [2.45, 2.75) is 57.6 Å². The summed E-state index contributed by atoms with van der Waals surface area (Å²) in [4.78, 5) is 0. The molecule has 3 saturated heterocycles. The molecule has 5 atom stereocenters. The summed E-state index contributed by atoms with van der Waals surface area (Å²) in [5, 5.41) is 0.123. The summed E-state index contributed by atoms with van der Waals surface area (Å²) < 4.78 is 24.4. The van der Waals surface area contributed by atoms with E-state index in [1.807, 2.05) is 0 Å². The van der Waals surface area contributed by atoms with Crippen molar-refractivity contribution in [3.8, 4) is 0 Å². The van der Waals surface area contributed by atoms with Crippen LogP contribution in [0.4, 0.5) is 0 Å². The lowest BCUT2D eigenvalue weighted by molar-refractivity contribution is -0.283. The van der Waals surface area contributed by atoms with Crippen LogP contribution in [0.25, 0.3) is 0 Å². The van der Waals surface area contributed by atoms with Crippen LogP contribution < -0.4 is 0 Å². The fraction of sp³-hybridized carbons (Fsp3) is 0.765. The van der Waals surface area contributed by atoms with Crippen LogP contribution in [0.5, 0.6) is 0 Å².